The van der Waals surface area contributed by atoms with Crippen molar-refractivity contribution in [2.75, 3.05) is 11.9 Å². The zero-order valence-electron chi connectivity index (χ0n) is 17.1. The van der Waals surface area contributed by atoms with Gasteiger partial charge in [-0.25, -0.2) is 4.79 Å². The third kappa shape index (κ3) is 6.18. The Kier molecular flexibility index (Phi) is 8.02. The van der Waals surface area contributed by atoms with E-state index >= 15 is 0 Å². The summed E-state index contributed by atoms with van der Waals surface area (Å²) in [4.78, 5) is 38.0. The fourth-order valence-corrected chi connectivity index (χ4v) is 4.44. The predicted octanol–water partition coefficient (Wildman–Crippen LogP) is 4.49. The van der Waals surface area contributed by atoms with Crippen LogP contribution in [0.2, 0.25) is 0 Å². The predicted molar refractivity (Wildman–Crippen MR) is 128 cm³/mol. The third-order valence-corrected chi connectivity index (χ3v) is 6.14. The van der Waals surface area contributed by atoms with Crippen molar-refractivity contribution in [3.05, 3.63) is 64.6 Å². The van der Waals surface area contributed by atoms with E-state index in [0.29, 0.717) is 34.3 Å². The molecular formula is C23H22N2O5S2. The molecule has 1 heterocycles. The molecule has 1 aliphatic heterocycles. The van der Waals surface area contributed by atoms with Crippen molar-refractivity contribution in [2.45, 2.75) is 25.7 Å². The molecule has 1 fully saturated rings. The number of benzene rings is 2. The fraction of sp³-hybridized carbons (Fsp3) is 0.217. The quantitative estimate of drug-likeness (QED) is 0.214. The Morgan fingerprint density at radius 3 is 2.56 bits per heavy atom. The van der Waals surface area contributed by atoms with E-state index in [2.05, 4.69) is 5.32 Å². The molecule has 0 radical (unpaired) electrons. The minimum Gasteiger partial charge on any atom is -0.507 e. The Bertz CT molecular complexity index is 1070. The van der Waals surface area contributed by atoms with Gasteiger partial charge in [-0.15, -0.1) is 0 Å². The molecule has 2 aromatic rings. The van der Waals surface area contributed by atoms with E-state index in [4.69, 9.17) is 17.3 Å². The highest BCUT2D eigenvalue weighted by Gasteiger charge is 2.31. The average Bonchev–Trinajstić information content (AvgIpc) is 3.02. The van der Waals surface area contributed by atoms with Gasteiger partial charge in [0.05, 0.1) is 4.91 Å². The molecule has 32 heavy (non-hydrogen) atoms. The van der Waals surface area contributed by atoms with Crippen molar-refractivity contribution in [3.63, 3.8) is 0 Å². The highest BCUT2D eigenvalue weighted by molar-refractivity contribution is 8.26. The number of hydrogen-bond donors (Lipinski definition) is 3. The molecule has 0 bridgehead atoms. The standard InChI is InChI=1S/C23H22N2O5S2/c26-18-11-10-16(14-17(18)22(29)30)24-20(27)9-5-2-6-12-25-21(28)19(32-23(25)31)13-15-7-3-1-4-8-15/h1,3-4,7-8,10-11,13-14,26H,2,5-6,9,12H2,(H,24,27)(H,29,30). The van der Waals surface area contributed by atoms with Gasteiger partial charge in [-0.3, -0.25) is 14.5 Å². The molecular weight excluding hydrogens is 448 g/mol. The van der Waals surface area contributed by atoms with Crippen LogP contribution in [0.15, 0.2) is 53.4 Å². The van der Waals surface area contributed by atoms with Crippen LogP contribution in [0.1, 0.15) is 41.6 Å². The third-order valence-electron chi connectivity index (χ3n) is 4.77. The van der Waals surface area contributed by atoms with Crippen LogP contribution in [0.25, 0.3) is 6.08 Å². The van der Waals surface area contributed by atoms with Gasteiger partial charge in [-0.1, -0.05) is 60.7 Å². The first-order valence-corrected chi connectivity index (χ1v) is 11.2. The maximum Gasteiger partial charge on any atom is 0.339 e. The number of thioether (sulfide) groups is 1. The number of carbonyl (C=O) groups is 3. The number of rotatable bonds is 9. The van der Waals surface area contributed by atoms with E-state index in [1.165, 1.54) is 30.0 Å². The van der Waals surface area contributed by atoms with Crippen LogP contribution in [0, 0.1) is 0 Å². The summed E-state index contributed by atoms with van der Waals surface area (Å²) in [5, 5.41) is 21.2. The Morgan fingerprint density at radius 2 is 1.84 bits per heavy atom. The number of amides is 2. The van der Waals surface area contributed by atoms with Gasteiger partial charge in [-0.05, 0) is 42.7 Å². The van der Waals surface area contributed by atoms with Crippen LogP contribution in [0.3, 0.4) is 0 Å². The highest BCUT2D eigenvalue weighted by atomic mass is 32.2. The molecule has 7 nitrogen and oxygen atoms in total. The zero-order valence-corrected chi connectivity index (χ0v) is 18.7. The van der Waals surface area contributed by atoms with E-state index in [-0.39, 0.29) is 29.5 Å². The minimum atomic E-state index is -1.27. The lowest BCUT2D eigenvalue weighted by atomic mass is 10.1. The number of carbonyl (C=O) groups excluding carboxylic acids is 2. The topological polar surface area (TPSA) is 107 Å². The van der Waals surface area contributed by atoms with Crippen LogP contribution in [-0.2, 0) is 9.59 Å². The Balaban J connectivity index is 1.42. The first-order chi connectivity index (χ1) is 15.3. The summed E-state index contributed by atoms with van der Waals surface area (Å²) in [7, 11) is 0. The molecule has 2 aromatic carbocycles. The van der Waals surface area contributed by atoms with Crippen molar-refractivity contribution in [3.8, 4) is 5.75 Å². The van der Waals surface area contributed by atoms with Gasteiger partial charge in [0.2, 0.25) is 5.91 Å². The summed E-state index contributed by atoms with van der Waals surface area (Å²) in [5.74, 6) is -1.97. The second-order valence-corrected chi connectivity index (χ2v) is 8.82. The fourth-order valence-electron chi connectivity index (χ4n) is 3.13. The Labute approximate surface area is 195 Å². The van der Waals surface area contributed by atoms with Crippen LogP contribution in [-0.4, -0.2) is 43.8 Å². The molecule has 1 aliphatic rings. The average molecular weight is 471 g/mol. The number of nitrogens with zero attached hydrogens (tertiary/aromatic N) is 1. The van der Waals surface area contributed by atoms with Gasteiger partial charge in [0.15, 0.2) is 0 Å². The molecule has 0 aliphatic carbocycles. The number of carboxylic acids is 1. The molecule has 0 aromatic heterocycles. The molecule has 9 heteroatoms. The normalized spacial score (nSPS) is 14.8. The lowest BCUT2D eigenvalue weighted by molar-refractivity contribution is -0.122. The van der Waals surface area contributed by atoms with Crippen molar-refractivity contribution >= 4 is 57.8 Å². The van der Waals surface area contributed by atoms with Crippen LogP contribution in [0.4, 0.5) is 5.69 Å². The second kappa shape index (κ2) is 10.9. The molecule has 3 N–H and O–H groups in total. The number of unbranched alkanes of at least 4 members (excludes halogenated alkanes) is 2. The van der Waals surface area contributed by atoms with Crippen LogP contribution >= 0.6 is 24.0 Å². The Hall–Kier alpha value is -3.17. The molecule has 0 spiro atoms. The van der Waals surface area contributed by atoms with E-state index in [1.54, 1.807) is 4.90 Å². The number of phenols is 1. The van der Waals surface area contributed by atoms with E-state index < -0.39 is 5.97 Å². The Morgan fingerprint density at radius 1 is 1.09 bits per heavy atom. The molecule has 166 valence electrons. The minimum absolute atomic E-state index is 0.0943. The summed E-state index contributed by atoms with van der Waals surface area (Å²) in [6.45, 7) is 0.498. The number of anilines is 1. The largest absolute Gasteiger partial charge is 0.507 e. The van der Waals surface area contributed by atoms with Gasteiger partial charge in [0.25, 0.3) is 5.91 Å². The van der Waals surface area contributed by atoms with E-state index in [1.807, 2.05) is 36.4 Å². The lowest BCUT2D eigenvalue weighted by Crippen LogP contribution is -2.29. The molecule has 3 rings (SSSR count). The number of aromatic carboxylic acids is 1. The van der Waals surface area contributed by atoms with Crippen molar-refractivity contribution < 1.29 is 24.6 Å². The number of nitrogens with one attached hydrogen (secondary N) is 1. The lowest BCUT2D eigenvalue weighted by Gasteiger charge is -2.14. The molecule has 1 saturated heterocycles. The first kappa shape index (κ1) is 23.5. The number of aromatic hydroxyl groups is 1. The smallest absolute Gasteiger partial charge is 0.339 e. The molecule has 2 amide bonds. The van der Waals surface area contributed by atoms with E-state index in [0.717, 1.165) is 12.0 Å². The molecule has 0 saturated carbocycles. The van der Waals surface area contributed by atoms with Gasteiger partial charge in [0.1, 0.15) is 15.6 Å². The maximum atomic E-state index is 12.6. The maximum absolute atomic E-state index is 12.6. The van der Waals surface area contributed by atoms with Crippen molar-refractivity contribution in [1.29, 1.82) is 0 Å². The van der Waals surface area contributed by atoms with Crippen LogP contribution in [0.5, 0.6) is 5.75 Å². The summed E-state index contributed by atoms with van der Waals surface area (Å²) in [5.41, 5.74) is 0.990. The van der Waals surface area contributed by atoms with Gasteiger partial charge in [0, 0.05) is 18.7 Å². The van der Waals surface area contributed by atoms with E-state index in [9.17, 15) is 19.5 Å². The summed E-state index contributed by atoms with van der Waals surface area (Å²) >= 11 is 6.64. The summed E-state index contributed by atoms with van der Waals surface area (Å²) in [6.07, 6.45) is 4.15. The highest BCUT2D eigenvalue weighted by Crippen LogP contribution is 2.32. The number of thiocarbonyl (C=S) groups is 1. The van der Waals surface area contributed by atoms with Gasteiger partial charge < -0.3 is 15.5 Å². The SMILES string of the molecule is O=C(CCCCCN1C(=O)C(=Cc2ccccc2)SC1=S)Nc1ccc(O)c(C(=O)O)c1. The number of hydrogen-bond acceptors (Lipinski definition) is 6. The van der Waals surface area contributed by atoms with Gasteiger partial charge in [-0.2, -0.15) is 0 Å². The monoisotopic (exact) mass is 470 g/mol. The van der Waals surface area contributed by atoms with Crippen molar-refractivity contribution in [1.82, 2.24) is 4.90 Å². The van der Waals surface area contributed by atoms with Crippen molar-refractivity contribution in [2.24, 2.45) is 0 Å². The van der Waals surface area contributed by atoms with Crippen LogP contribution < -0.4 is 5.32 Å². The first-order valence-electron chi connectivity index (χ1n) is 10.0. The molecule has 0 atom stereocenters. The summed E-state index contributed by atoms with van der Waals surface area (Å²) in [6, 6.07) is 13.5. The number of carboxylic acid groups (broad SMARTS) is 1. The zero-order chi connectivity index (χ0) is 23.1. The van der Waals surface area contributed by atoms with Gasteiger partial charge >= 0.3 is 5.97 Å². The molecule has 0 unspecified atom stereocenters. The summed E-state index contributed by atoms with van der Waals surface area (Å²) < 4.78 is 0.538. The second-order valence-electron chi connectivity index (χ2n) is 7.14.